The molecular weight excluding hydrogens is 213 g/mol. The first-order valence-corrected chi connectivity index (χ1v) is 5.86. The van der Waals surface area contributed by atoms with Crippen LogP contribution in [0.5, 0.6) is 0 Å². The lowest BCUT2D eigenvalue weighted by Gasteiger charge is -2.10. The van der Waals surface area contributed by atoms with E-state index < -0.39 is 0 Å². The van der Waals surface area contributed by atoms with Gasteiger partial charge in [-0.25, -0.2) is 4.39 Å². The van der Waals surface area contributed by atoms with E-state index in [4.69, 9.17) is 0 Å². The summed E-state index contributed by atoms with van der Waals surface area (Å²) >= 11 is 0. The smallest absolute Gasteiger partial charge is 0.125 e. The van der Waals surface area contributed by atoms with Crippen LogP contribution in [0.2, 0.25) is 0 Å². The molecule has 1 N–H and O–H groups in total. The van der Waals surface area contributed by atoms with E-state index in [1.807, 2.05) is 18.2 Å². The standard InChI is InChI=1S/C15H16FN/c1-2-12-6-3-4-7-13(12)11-17-15-9-5-8-14(16)10-15/h3-10,17H,2,11H2,1H3. The molecule has 0 amide bonds. The van der Waals surface area contributed by atoms with Crippen LogP contribution in [0.25, 0.3) is 0 Å². The number of hydrogen-bond donors (Lipinski definition) is 1. The van der Waals surface area contributed by atoms with E-state index >= 15 is 0 Å². The van der Waals surface area contributed by atoms with Crippen LogP contribution in [0.3, 0.4) is 0 Å². The Bertz CT molecular complexity index is 494. The Kier molecular flexibility index (Phi) is 3.76. The van der Waals surface area contributed by atoms with Crippen molar-refractivity contribution < 1.29 is 4.39 Å². The second-order valence-corrected chi connectivity index (χ2v) is 3.99. The van der Waals surface area contributed by atoms with Crippen LogP contribution in [0.4, 0.5) is 10.1 Å². The fraction of sp³-hybridized carbons (Fsp3) is 0.200. The van der Waals surface area contributed by atoms with Crippen LogP contribution in [0.1, 0.15) is 18.1 Å². The summed E-state index contributed by atoms with van der Waals surface area (Å²) in [4.78, 5) is 0. The van der Waals surface area contributed by atoms with Crippen molar-refractivity contribution in [2.45, 2.75) is 19.9 Å². The predicted octanol–water partition coefficient (Wildman–Crippen LogP) is 4.00. The molecule has 17 heavy (non-hydrogen) atoms. The minimum atomic E-state index is -0.209. The number of halogens is 1. The van der Waals surface area contributed by atoms with Crippen molar-refractivity contribution in [2.24, 2.45) is 0 Å². The summed E-state index contributed by atoms with van der Waals surface area (Å²) in [5.74, 6) is -0.209. The van der Waals surface area contributed by atoms with Crippen molar-refractivity contribution in [2.75, 3.05) is 5.32 Å². The van der Waals surface area contributed by atoms with E-state index in [0.29, 0.717) is 0 Å². The van der Waals surface area contributed by atoms with Gasteiger partial charge in [-0.3, -0.25) is 0 Å². The van der Waals surface area contributed by atoms with Gasteiger partial charge in [-0.2, -0.15) is 0 Å². The summed E-state index contributed by atoms with van der Waals surface area (Å²) < 4.78 is 13.0. The summed E-state index contributed by atoms with van der Waals surface area (Å²) in [7, 11) is 0. The average molecular weight is 229 g/mol. The Morgan fingerprint density at radius 3 is 2.47 bits per heavy atom. The highest BCUT2D eigenvalue weighted by Crippen LogP contribution is 2.14. The zero-order valence-corrected chi connectivity index (χ0v) is 9.91. The van der Waals surface area contributed by atoms with Crippen LogP contribution in [0, 0.1) is 5.82 Å². The minimum absolute atomic E-state index is 0.209. The molecule has 0 unspecified atom stereocenters. The number of anilines is 1. The summed E-state index contributed by atoms with van der Waals surface area (Å²) in [6.45, 7) is 2.87. The van der Waals surface area contributed by atoms with Gasteiger partial charge in [-0.15, -0.1) is 0 Å². The van der Waals surface area contributed by atoms with Gasteiger partial charge in [0.2, 0.25) is 0 Å². The third kappa shape index (κ3) is 3.06. The van der Waals surface area contributed by atoms with Gasteiger partial charge in [0.05, 0.1) is 0 Å². The summed E-state index contributed by atoms with van der Waals surface area (Å²) in [6.07, 6.45) is 1.01. The lowest BCUT2D eigenvalue weighted by molar-refractivity contribution is 0.628. The number of hydrogen-bond acceptors (Lipinski definition) is 1. The van der Waals surface area contributed by atoms with Gasteiger partial charge in [0, 0.05) is 12.2 Å². The third-order valence-electron chi connectivity index (χ3n) is 2.81. The lowest BCUT2D eigenvalue weighted by Crippen LogP contribution is -2.02. The second kappa shape index (κ2) is 5.48. The molecular formula is C15H16FN. The predicted molar refractivity (Wildman–Crippen MR) is 69.5 cm³/mol. The minimum Gasteiger partial charge on any atom is -0.381 e. The SMILES string of the molecule is CCc1ccccc1CNc1cccc(F)c1. The molecule has 0 bridgehead atoms. The van der Waals surface area contributed by atoms with Gasteiger partial charge in [-0.05, 0) is 35.7 Å². The number of benzene rings is 2. The quantitative estimate of drug-likeness (QED) is 0.835. The number of aryl methyl sites for hydroxylation is 1. The maximum Gasteiger partial charge on any atom is 0.125 e. The van der Waals surface area contributed by atoms with Crippen molar-refractivity contribution in [1.82, 2.24) is 0 Å². The van der Waals surface area contributed by atoms with Gasteiger partial charge >= 0.3 is 0 Å². The van der Waals surface area contributed by atoms with E-state index in [2.05, 4.69) is 24.4 Å². The molecule has 0 aliphatic heterocycles. The third-order valence-corrected chi connectivity index (χ3v) is 2.81. The summed E-state index contributed by atoms with van der Waals surface area (Å²) in [5, 5.41) is 3.24. The van der Waals surface area contributed by atoms with Gasteiger partial charge in [0.25, 0.3) is 0 Å². The first-order chi connectivity index (χ1) is 8.29. The Balaban J connectivity index is 2.07. The first-order valence-electron chi connectivity index (χ1n) is 5.86. The monoisotopic (exact) mass is 229 g/mol. The second-order valence-electron chi connectivity index (χ2n) is 3.99. The molecule has 0 fully saturated rings. The lowest BCUT2D eigenvalue weighted by atomic mass is 10.1. The van der Waals surface area contributed by atoms with E-state index in [-0.39, 0.29) is 5.82 Å². The fourth-order valence-electron chi connectivity index (χ4n) is 1.87. The Labute approximate surface area is 101 Å². The molecule has 0 saturated carbocycles. The molecule has 2 heteroatoms. The van der Waals surface area contributed by atoms with E-state index in [0.717, 1.165) is 18.7 Å². The van der Waals surface area contributed by atoms with Gasteiger partial charge in [0.15, 0.2) is 0 Å². The highest BCUT2D eigenvalue weighted by Gasteiger charge is 2.00. The highest BCUT2D eigenvalue weighted by atomic mass is 19.1. The fourth-order valence-corrected chi connectivity index (χ4v) is 1.87. The van der Waals surface area contributed by atoms with Crippen LogP contribution in [-0.2, 0) is 13.0 Å². The maximum atomic E-state index is 13.0. The zero-order valence-electron chi connectivity index (χ0n) is 9.91. The van der Waals surface area contributed by atoms with Crippen molar-refractivity contribution >= 4 is 5.69 Å². The van der Waals surface area contributed by atoms with E-state index in [1.54, 1.807) is 6.07 Å². The van der Waals surface area contributed by atoms with Crippen molar-refractivity contribution in [3.8, 4) is 0 Å². The molecule has 0 heterocycles. The van der Waals surface area contributed by atoms with E-state index in [1.165, 1.54) is 23.3 Å². The van der Waals surface area contributed by atoms with Crippen LogP contribution in [0.15, 0.2) is 48.5 Å². The van der Waals surface area contributed by atoms with Crippen LogP contribution >= 0.6 is 0 Å². The van der Waals surface area contributed by atoms with Crippen molar-refractivity contribution in [3.63, 3.8) is 0 Å². The van der Waals surface area contributed by atoms with Crippen molar-refractivity contribution in [1.29, 1.82) is 0 Å². The molecule has 0 spiro atoms. The summed E-state index contributed by atoms with van der Waals surface area (Å²) in [5.41, 5.74) is 3.41. The highest BCUT2D eigenvalue weighted by molar-refractivity contribution is 5.44. The molecule has 0 aliphatic rings. The van der Waals surface area contributed by atoms with Gasteiger partial charge < -0.3 is 5.32 Å². The first kappa shape index (κ1) is 11.6. The zero-order chi connectivity index (χ0) is 12.1. The van der Waals surface area contributed by atoms with Gasteiger partial charge in [0.1, 0.15) is 5.82 Å². The Hall–Kier alpha value is -1.83. The maximum absolute atomic E-state index is 13.0. The molecule has 2 rings (SSSR count). The van der Waals surface area contributed by atoms with Crippen molar-refractivity contribution in [3.05, 3.63) is 65.5 Å². The normalized spacial score (nSPS) is 10.2. The largest absolute Gasteiger partial charge is 0.381 e. The van der Waals surface area contributed by atoms with Gasteiger partial charge in [-0.1, -0.05) is 37.3 Å². The average Bonchev–Trinajstić information content (AvgIpc) is 2.37. The summed E-state index contributed by atoms with van der Waals surface area (Å²) in [6, 6.07) is 14.8. The molecule has 0 aromatic heterocycles. The molecule has 0 radical (unpaired) electrons. The molecule has 0 atom stereocenters. The van der Waals surface area contributed by atoms with E-state index in [9.17, 15) is 4.39 Å². The molecule has 0 saturated heterocycles. The molecule has 0 aliphatic carbocycles. The molecule has 2 aromatic carbocycles. The van der Waals surface area contributed by atoms with Crippen LogP contribution in [-0.4, -0.2) is 0 Å². The van der Waals surface area contributed by atoms with Crippen LogP contribution < -0.4 is 5.32 Å². The Morgan fingerprint density at radius 1 is 1.00 bits per heavy atom. The molecule has 1 nitrogen and oxygen atoms in total. The Morgan fingerprint density at radius 2 is 1.76 bits per heavy atom. The number of rotatable bonds is 4. The topological polar surface area (TPSA) is 12.0 Å². The molecule has 88 valence electrons. The molecule has 2 aromatic rings. The number of nitrogens with one attached hydrogen (secondary N) is 1.